The van der Waals surface area contributed by atoms with Gasteiger partial charge in [0.2, 0.25) is 0 Å². The van der Waals surface area contributed by atoms with Crippen LogP contribution in [0, 0.1) is 5.92 Å². The molecule has 1 aliphatic rings. The van der Waals surface area contributed by atoms with Crippen molar-refractivity contribution in [2.24, 2.45) is 5.92 Å². The van der Waals surface area contributed by atoms with Gasteiger partial charge in [-0.3, -0.25) is 14.3 Å². The molecule has 0 saturated heterocycles. The predicted octanol–water partition coefficient (Wildman–Crippen LogP) is 1.91. The Morgan fingerprint density at radius 1 is 1.26 bits per heavy atom. The molecule has 3 rings (SSSR count). The molecule has 2 aromatic rings. The lowest BCUT2D eigenvalue weighted by Crippen LogP contribution is -2.33. The molecule has 1 aromatic carbocycles. The number of hydrogen-bond acceptors (Lipinski definition) is 3. The van der Waals surface area contributed by atoms with E-state index in [0.717, 1.165) is 5.56 Å². The summed E-state index contributed by atoms with van der Waals surface area (Å²) < 4.78 is 1.72. The van der Waals surface area contributed by atoms with Crippen molar-refractivity contribution in [2.75, 3.05) is 0 Å². The first-order valence-electron chi connectivity index (χ1n) is 7.72. The van der Waals surface area contributed by atoms with Gasteiger partial charge in [-0.25, -0.2) is 0 Å². The Morgan fingerprint density at radius 2 is 2.04 bits per heavy atom. The van der Waals surface area contributed by atoms with E-state index in [1.807, 2.05) is 30.3 Å². The van der Waals surface area contributed by atoms with Crippen LogP contribution < -0.4 is 5.32 Å². The molecule has 0 radical (unpaired) electrons. The number of carbonyl (C=O) groups excluding carboxylic acids is 1. The van der Waals surface area contributed by atoms with Crippen LogP contribution in [0.15, 0.2) is 42.7 Å². The Morgan fingerprint density at radius 3 is 2.74 bits per heavy atom. The van der Waals surface area contributed by atoms with E-state index in [2.05, 4.69) is 10.4 Å². The molecule has 6 heteroatoms. The van der Waals surface area contributed by atoms with Gasteiger partial charge in [0.25, 0.3) is 5.91 Å². The number of carbonyl (C=O) groups is 2. The lowest BCUT2D eigenvalue weighted by atomic mass is 10.1. The second kappa shape index (κ2) is 6.64. The van der Waals surface area contributed by atoms with E-state index in [4.69, 9.17) is 5.11 Å². The molecule has 1 aromatic heterocycles. The van der Waals surface area contributed by atoms with Crippen LogP contribution in [0.3, 0.4) is 0 Å². The number of hydrogen-bond donors (Lipinski definition) is 2. The fourth-order valence-corrected chi connectivity index (χ4v) is 2.94. The summed E-state index contributed by atoms with van der Waals surface area (Å²) in [6.07, 6.45) is 5.08. The van der Waals surface area contributed by atoms with Crippen molar-refractivity contribution in [1.29, 1.82) is 0 Å². The van der Waals surface area contributed by atoms with E-state index in [-0.39, 0.29) is 17.9 Å². The summed E-state index contributed by atoms with van der Waals surface area (Å²) >= 11 is 0. The quantitative estimate of drug-likeness (QED) is 0.883. The van der Waals surface area contributed by atoms with E-state index < -0.39 is 5.97 Å². The molecule has 1 heterocycles. The van der Waals surface area contributed by atoms with Crippen LogP contribution in [0.25, 0.3) is 0 Å². The summed E-state index contributed by atoms with van der Waals surface area (Å²) in [5.41, 5.74) is 1.61. The van der Waals surface area contributed by atoms with Crippen molar-refractivity contribution < 1.29 is 14.7 Å². The van der Waals surface area contributed by atoms with Gasteiger partial charge in [0.15, 0.2) is 0 Å². The number of amides is 1. The summed E-state index contributed by atoms with van der Waals surface area (Å²) in [5, 5.41) is 16.1. The number of benzene rings is 1. The van der Waals surface area contributed by atoms with Gasteiger partial charge in [-0.2, -0.15) is 5.10 Å². The Kier molecular flexibility index (Phi) is 4.41. The minimum Gasteiger partial charge on any atom is -0.481 e. The number of nitrogens with one attached hydrogen (secondary N) is 1. The zero-order chi connectivity index (χ0) is 16.2. The molecule has 1 saturated carbocycles. The van der Waals surface area contributed by atoms with Crippen molar-refractivity contribution in [3.8, 4) is 0 Å². The predicted molar refractivity (Wildman–Crippen MR) is 84.0 cm³/mol. The van der Waals surface area contributed by atoms with Gasteiger partial charge in [0.1, 0.15) is 0 Å². The second-order valence-electron chi connectivity index (χ2n) is 5.93. The van der Waals surface area contributed by atoms with E-state index in [0.29, 0.717) is 31.4 Å². The Balaban J connectivity index is 1.57. The first-order chi connectivity index (χ1) is 11.1. The van der Waals surface area contributed by atoms with Crippen LogP contribution >= 0.6 is 0 Å². The molecular formula is C17H19N3O3. The molecule has 0 bridgehead atoms. The summed E-state index contributed by atoms with van der Waals surface area (Å²) in [4.78, 5) is 23.2. The molecule has 6 nitrogen and oxygen atoms in total. The third-order valence-corrected chi connectivity index (χ3v) is 4.20. The standard InChI is InChI=1S/C17H19N3O3/c21-16(19-15-7-6-13(8-15)17(22)23)14-9-18-20(11-14)10-12-4-2-1-3-5-12/h1-5,9,11,13,15H,6-8,10H2,(H,19,21)(H,22,23)/t13-,15+/m0/s1. The third-order valence-electron chi connectivity index (χ3n) is 4.20. The summed E-state index contributed by atoms with van der Waals surface area (Å²) in [6, 6.07) is 9.83. The first kappa shape index (κ1) is 15.3. The average molecular weight is 313 g/mol. The molecule has 23 heavy (non-hydrogen) atoms. The van der Waals surface area contributed by atoms with Crippen molar-refractivity contribution in [3.05, 3.63) is 53.9 Å². The van der Waals surface area contributed by atoms with E-state index in [9.17, 15) is 9.59 Å². The smallest absolute Gasteiger partial charge is 0.306 e. The highest BCUT2D eigenvalue weighted by Crippen LogP contribution is 2.25. The minimum atomic E-state index is -0.780. The number of carboxylic acid groups (broad SMARTS) is 1. The molecule has 1 amide bonds. The van der Waals surface area contributed by atoms with Gasteiger partial charge in [-0.1, -0.05) is 30.3 Å². The molecule has 1 aliphatic carbocycles. The molecule has 120 valence electrons. The van der Waals surface area contributed by atoms with Crippen molar-refractivity contribution >= 4 is 11.9 Å². The lowest BCUT2D eigenvalue weighted by Gasteiger charge is -2.11. The fourth-order valence-electron chi connectivity index (χ4n) is 2.94. The topological polar surface area (TPSA) is 84.2 Å². The van der Waals surface area contributed by atoms with Crippen molar-refractivity contribution in [2.45, 2.75) is 31.8 Å². The van der Waals surface area contributed by atoms with E-state index >= 15 is 0 Å². The maximum atomic E-state index is 12.2. The Hall–Kier alpha value is -2.63. The van der Waals surface area contributed by atoms with Crippen molar-refractivity contribution in [1.82, 2.24) is 15.1 Å². The Bertz CT molecular complexity index is 696. The summed E-state index contributed by atoms with van der Waals surface area (Å²) in [7, 11) is 0. The molecule has 0 aliphatic heterocycles. The highest BCUT2D eigenvalue weighted by molar-refractivity contribution is 5.94. The molecule has 0 unspecified atom stereocenters. The van der Waals surface area contributed by atoms with E-state index in [1.165, 1.54) is 0 Å². The summed E-state index contributed by atoms with van der Waals surface area (Å²) in [5.74, 6) is -1.32. The number of aliphatic carboxylic acids is 1. The average Bonchev–Trinajstić information content (AvgIpc) is 3.18. The normalized spacial score (nSPS) is 20.3. The van der Waals surface area contributed by atoms with Gasteiger partial charge in [-0.05, 0) is 24.8 Å². The number of aromatic nitrogens is 2. The van der Waals surface area contributed by atoms with Gasteiger partial charge in [0.05, 0.1) is 24.2 Å². The van der Waals surface area contributed by atoms with Gasteiger partial charge in [-0.15, -0.1) is 0 Å². The van der Waals surface area contributed by atoms with Gasteiger partial charge >= 0.3 is 5.97 Å². The number of rotatable bonds is 5. The largest absolute Gasteiger partial charge is 0.481 e. The minimum absolute atomic E-state index is 0.0685. The maximum Gasteiger partial charge on any atom is 0.306 e. The third kappa shape index (κ3) is 3.77. The summed E-state index contributed by atoms with van der Waals surface area (Å²) in [6.45, 7) is 0.610. The molecule has 1 fully saturated rings. The van der Waals surface area contributed by atoms with E-state index in [1.54, 1.807) is 17.1 Å². The Labute approximate surface area is 134 Å². The van der Waals surface area contributed by atoms with Crippen molar-refractivity contribution in [3.63, 3.8) is 0 Å². The first-order valence-corrected chi connectivity index (χ1v) is 7.72. The molecule has 2 N–H and O–H groups in total. The highest BCUT2D eigenvalue weighted by Gasteiger charge is 2.30. The van der Waals surface area contributed by atoms with Crippen LogP contribution in [0.4, 0.5) is 0 Å². The number of nitrogens with zero attached hydrogens (tertiary/aromatic N) is 2. The monoisotopic (exact) mass is 313 g/mol. The van der Waals surface area contributed by atoms with Crippen LogP contribution in [0.2, 0.25) is 0 Å². The SMILES string of the molecule is O=C(N[C@@H]1CC[C@H](C(=O)O)C1)c1cnn(Cc2ccccc2)c1. The maximum absolute atomic E-state index is 12.2. The fraction of sp³-hybridized carbons (Fsp3) is 0.353. The van der Waals surface area contributed by atoms with Gasteiger partial charge < -0.3 is 10.4 Å². The van der Waals surface area contributed by atoms with Crippen LogP contribution in [-0.4, -0.2) is 32.8 Å². The molecule has 2 atom stereocenters. The van der Waals surface area contributed by atoms with Gasteiger partial charge in [0, 0.05) is 12.2 Å². The van der Waals surface area contributed by atoms with Crippen LogP contribution in [0.5, 0.6) is 0 Å². The zero-order valence-corrected chi connectivity index (χ0v) is 12.7. The number of carboxylic acids is 1. The molecular weight excluding hydrogens is 294 g/mol. The lowest BCUT2D eigenvalue weighted by molar-refractivity contribution is -0.141. The second-order valence-corrected chi connectivity index (χ2v) is 5.93. The van der Waals surface area contributed by atoms with Crippen LogP contribution in [-0.2, 0) is 11.3 Å². The van der Waals surface area contributed by atoms with Crippen LogP contribution in [0.1, 0.15) is 35.2 Å². The highest BCUT2D eigenvalue weighted by atomic mass is 16.4. The zero-order valence-electron chi connectivity index (χ0n) is 12.7. The molecule has 0 spiro atoms.